The van der Waals surface area contributed by atoms with Crippen molar-refractivity contribution in [2.24, 2.45) is 0 Å². The first-order valence-corrected chi connectivity index (χ1v) is 8.88. The maximum Gasteiger partial charge on any atom is 0.264 e. The Hall–Kier alpha value is -2.45. The second-order valence-corrected chi connectivity index (χ2v) is 6.84. The monoisotopic (exact) mass is 392 g/mol. The van der Waals surface area contributed by atoms with E-state index in [0.717, 1.165) is 30.8 Å². The third-order valence-corrected chi connectivity index (χ3v) is 5.17. The molecule has 1 aromatic carbocycles. The van der Waals surface area contributed by atoms with Crippen LogP contribution in [0.5, 0.6) is 0 Å². The Kier molecular flexibility index (Phi) is 5.48. The summed E-state index contributed by atoms with van der Waals surface area (Å²) in [5, 5.41) is 8.87. The van der Waals surface area contributed by atoms with Crippen molar-refractivity contribution >= 4 is 41.7 Å². The molecule has 0 radical (unpaired) electrons. The fourth-order valence-electron chi connectivity index (χ4n) is 3.82. The number of nitrogens with one attached hydrogen (secondary N) is 3. The lowest BCUT2D eigenvalue weighted by Crippen LogP contribution is -2.54. The fraction of sp³-hybridized carbons (Fsp3) is 0.444. The van der Waals surface area contributed by atoms with Crippen LogP contribution in [-0.4, -0.2) is 53.7 Å². The molecule has 0 saturated carbocycles. The van der Waals surface area contributed by atoms with Crippen LogP contribution in [0, 0.1) is 0 Å². The van der Waals surface area contributed by atoms with Gasteiger partial charge < -0.3 is 10.6 Å². The van der Waals surface area contributed by atoms with Crippen LogP contribution in [0.25, 0.3) is 0 Å². The number of anilines is 1. The smallest absolute Gasteiger partial charge is 0.264 e. The Morgan fingerprint density at radius 1 is 1.00 bits per heavy atom. The summed E-state index contributed by atoms with van der Waals surface area (Å²) in [5.41, 5.74) is 1.25. The van der Waals surface area contributed by atoms with E-state index < -0.39 is 23.8 Å². The van der Waals surface area contributed by atoms with Crippen LogP contribution in [0.3, 0.4) is 0 Å². The lowest BCUT2D eigenvalue weighted by atomic mass is 10.0. The van der Waals surface area contributed by atoms with Gasteiger partial charge in [0.05, 0.1) is 11.1 Å². The molecule has 3 N–H and O–H groups in total. The Labute approximate surface area is 162 Å². The van der Waals surface area contributed by atoms with E-state index in [1.54, 1.807) is 18.2 Å². The first kappa shape index (κ1) is 19.3. The third kappa shape index (κ3) is 3.42. The van der Waals surface area contributed by atoms with E-state index in [0.29, 0.717) is 16.8 Å². The van der Waals surface area contributed by atoms with Crippen LogP contribution in [0.15, 0.2) is 18.2 Å². The maximum atomic E-state index is 13.0. The number of amides is 4. The second-order valence-electron chi connectivity index (χ2n) is 6.84. The number of hydrogen-bond acceptors (Lipinski definition) is 6. The SMILES string of the molecule is Cl.O=C1CCC(N2C(=O)c3cccc(NC4CCNCC4)c3C2=O)C(=O)N1. The van der Waals surface area contributed by atoms with Crippen LogP contribution in [0.1, 0.15) is 46.4 Å². The summed E-state index contributed by atoms with van der Waals surface area (Å²) in [6.07, 6.45) is 2.14. The lowest BCUT2D eigenvalue weighted by Gasteiger charge is -2.28. The minimum Gasteiger partial charge on any atom is -0.382 e. The van der Waals surface area contributed by atoms with Gasteiger partial charge in [0, 0.05) is 18.2 Å². The number of nitrogens with zero attached hydrogens (tertiary/aromatic N) is 1. The molecule has 4 rings (SSSR count). The number of carbonyl (C=O) groups is 4. The first-order chi connectivity index (χ1) is 12.6. The Balaban J connectivity index is 0.00000210. The van der Waals surface area contributed by atoms with E-state index in [2.05, 4.69) is 16.0 Å². The molecule has 0 bridgehead atoms. The molecule has 0 aliphatic carbocycles. The average molecular weight is 393 g/mol. The molecule has 3 aliphatic heterocycles. The predicted molar refractivity (Wildman–Crippen MR) is 99.9 cm³/mol. The average Bonchev–Trinajstić information content (AvgIpc) is 2.88. The van der Waals surface area contributed by atoms with E-state index in [4.69, 9.17) is 0 Å². The summed E-state index contributed by atoms with van der Waals surface area (Å²) < 4.78 is 0. The van der Waals surface area contributed by atoms with Gasteiger partial charge in [-0.05, 0) is 44.5 Å². The second kappa shape index (κ2) is 7.66. The quantitative estimate of drug-likeness (QED) is 0.653. The largest absolute Gasteiger partial charge is 0.382 e. The summed E-state index contributed by atoms with van der Waals surface area (Å²) in [6.45, 7) is 1.81. The van der Waals surface area contributed by atoms with Gasteiger partial charge in [0.15, 0.2) is 0 Å². The molecular formula is C18H21ClN4O4. The topological polar surface area (TPSA) is 108 Å². The van der Waals surface area contributed by atoms with Gasteiger partial charge in [0.2, 0.25) is 11.8 Å². The van der Waals surface area contributed by atoms with Crippen molar-refractivity contribution in [1.29, 1.82) is 0 Å². The highest BCUT2D eigenvalue weighted by atomic mass is 35.5. The Morgan fingerprint density at radius 3 is 2.44 bits per heavy atom. The van der Waals surface area contributed by atoms with Crippen molar-refractivity contribution in [2.75, 3.05) is 18.4 Å². The van der Waals surface area contributed by atoms with Crippen molar-refractivity contribution in [3.8, 4) is 0 Å². The van der Waals surface area contributed by atoms with Crippen LogP contribution in [0.4, 0.5) is 5.69 Å². The molecule has 0 aromatic heterocycles. The van der Waals surface area contributed by atoms with E-state index in [-0.39, 0.29) is 37.2 Å². The van der Waals surface area contributed by atoms with E-state index >= 15 is 0 Å². The van der Waals surface area contributed by atoms with Crippen molar-refractivity contribution in [3.05, 3.63) is 29.3 Å². The first-order valence-electron chi connectivity index (χ1n) is 8.88. The van der Waals surface area contributed by atoms with E-state index in [1.807, 2.05) is 0 Å². The number of benzene rings is 1. The lowest BCUT2D eigenvalue weighted by molar-refractivity contribution is -0.136. The van der Waals surface area contributed by atoms with Gasteiger partial charge in [0.25, 0.3) is 11.8 Å². The Morgan fingerprint density at radius 2 is 1.74 bits per heavy atom. The van der Waals surface area contributed by atoms with Crippen LogP contribution < -0.4 is 16.0 Å². The summed E-state index contributed by atoms with van der Waals surface area (Å²) in [6, 6.07) is 4.43. The van der Waals surface area contributed by atoms with Gasteiger partial charge in [-0.3, -0.25) is 29.4 Å². The van der Waals surface area contributed by atoms with E-state index in [1.165, 1.54) is 0 Å². The number of rotatable bonds is 3. The van der Waals surface area contributed by atoms with Crippen molar-refractivity contribution in [3.63, 3.8) is 0 Å². The molecule has 2 fully saturated rings. The van der Waals surface area contributed by atoms with Crippen molar-refractivity contribution < 1.29 is 19.2 Å². The zero-order valence-corrected chi connectivity index (χ0v) is 15.4. The zero-order chi connectivity index (χ0) is 18.3. The van der Waals surface area contributed by atoms with Gasteiger partial charge in [-0.2, -0.15) is 0 Å². The molecule has 1 unspecified atom stereocenters. The van der Waals surface area contributed by atoms with Gasteiger partial charge in [0.1, 0.15) is 6.04 Å². The minimum absolute atomic E-state index is 0. The van der Waals surface area contributed by atoms with Crippen LogP contribution in [0.2, 0.25) is 0 Å². The number of halogens is 1. The molecular weight excluding hydrogens is 372 g/mol. The molecule has 8 nitrogen and oxygen atoms in total. The highest BCUT2D eigenvalue weighted by Crippen LogP contribution is 2.33. The maximum absolute atomic E-state index is 13.0. The molecule has 1 atom stereocenters. The third-order valence-electron chi connectivity index (χ3n) is 5.17. The van der Waals surface area contributed by atoms with Gasteiger partial charge in [-0.1, -0.05) is 6.07 Å². The number of imide groups is 2. The Bertz CT molecular complexity index is 807. The molecule has 3 aliphatic rings. The molecule has 9 heteroatoms. The molecule has 2 saturated heterocycles. The summed E-state index contributed by atoms with van der Waals surface area (Å²) in [4.78, 5) is 50.3. The summed E-state index contributed by atoms with van der Waals surface area (Å²) >= 11 is 0. The fourth-order valence-corrected chi connectivity index (χ4v) is 3.82. The predicted octanol–water partition coefficient (Wildman–Crippen LogP) is 0.674. The standard InChI is InChI=1S/C18H20N4O4.ClH/c23-14-5-4-13(16(24)21-14)22-17(25)11-2-1-3-12(15(11)18(22)26)20-10-6-8-19-9-7-10;/h1-3,10,13,19-20H,4-9H2,(H,21,23,24);1H. The number of piperidine rings is 2. The van der Waals surface area contributed by atoms with Crippen LogP contribution >= 0.6 is 12.4 Å². The van der Waals surface area contributed by atoms with Gasteiger partial charge in [-0.15, -0.1) is 12.4 Å². The van der Waals surface area contributed by atoms with Crippen LogP contribution in [-0.2, 0) is 9.59 Å². The normalized spacial score (nSPS) is 23.0. The highest BCUT2D eigenvalue weighted by molar-refractivity contribution is 6.25. The number of hydrogen-bond donors (Lipinski definition) is 3. The van der Waals surface area contributed by atoms with Crippen molar-refractivity contribution in [1.82, 2.24) is 15.5 Å². The molecule has 3 heterocycles. The number of fused-ring (bicyclic) bond motifs is 1. The molecule has 144 valence electrons. The van der Waals surface area contributed by atoms with E-state index in [9.17, 15) is 19.2 Å². The van der Waals surface area contributed by atoms with Gasteiger partial charge >= 0.3 is 0 Å². The zero-order valence-electron chi connectivity index (χ0n) is 14.6. The van der Waals surface area contributed by atoms with Crippen molar-refractivity contribution in [2.45, 2.75) is 37.8 Å². The minimum atomic E-state index is -0.938. The number of carbonyl (C=O) groups excluding carboxylic acids is 4. The molecule has 0 spiro atoms. The molecule has 27 heavy (non-hydrogen) atoms. The summed E-state index contributed by atoms with van der Waals surface area (Å²) in [5.74, 6) is -1.93. The summed E-state index contributed by atoms with van der Waals surface area (Å²) in [7, 11) is 0. The van der Waals surface area contributed by atoms with Gasteiger partial charge in [-0.25, -0.2) is 0 Å². The highest BCUT2D eigenvalue weighted by Gasteiger charge is 2.45. The molecule has 1 aromatic rings. The molecule has 4 amide bonds.